The highest BCUT2D eigenvalue weighted by molar-refractivity contribution is 5.78. The van der Waals surface area contributed by atoms with Crippen LogP contribution in [0.4, 0.5) is 16.0 Å². The van der Waals surface area contributed by atoms with Gasteiger partial charge in [0.25, 0.3) is 0 Å². The van der Waals surface area contributed by atoms with Crippen molar-refractivity contribution in [2.24, 2.45) is 0 Å². The Morgan fingerprint density at radius 2 is 1.81 bits per heavy atom. The molecule has 36 heavy (non-hydrogen) atoms. The zero-order valence-corrected chi connectivity index (χ0v) is 20.8. The number of hydrogen-bond donors (Lipinski definition) is 1. The number of benzene rings is 1. The van der Waals surface area contributed by atoms with Crippen molar-refractivity contribution >= 4 is 28.3 Å². The molecule has 1 atom stereocenters. The van der Waals surface area contributed by atoms with Crippen LogP contribution >= 0.6 is 0 Å². The molecule has 4 aromatic rings. The number of rotatable bonds is 6. The van der Waals surface area contributed by atoms with E-state index >= 15 is 0 Å². The van der Waals surface area contributed by atoms with Crippen molar-refractivity contribution in [1.82, 2.24) is 24.6 Å². The van der Waals surface area contributed by atoms with Gasteiger partial charge in [0.1, 0.15) is 29.2 Å². The van der Waals surface area contributed by atoms with Crippen LogP contribution in [0.3, 0.4) is 0 Å². The van der Waals surface area contributed by atoms with Gasteiger partial charge in [-0.25, -0.2) is 19.3 Å². The molecule has 1 aromatic carbocycles. The SMILES string of the molecule is CCc1nc2ccccc2nc1-c1cc2nc(N3CC[C@@H](F)C3)cc(NC3CCC(OC)CC3)n2n1. The predicted molar refractivity (Wildman–Crippen MR) is 139 cm³/mol. The lowest BCUT2D eigenvalue weighted by Gasteiger charge is -2.29. The summed E-state index contributed by atoms with van der Waals surface area (Å²) in [5, 5.41) is 8.66. The van der Waals surface area contributed by atoms with Gasteiger partial charge in [-0.2, -0.15) is 9.61 Å². The fraction of sp³-hybridized carbons (Fsp3) is 0.481. The molecule has 0 unspecified atom stereocenters. The normalized spacial score (nSPS) is 22.5. The van der Waals surface area contributed by atoms with E-state index in [-0.39, 0.29) is 0 Å². The summed E-state index contributed by atoms with van der Waals surface area (Å²) >= 11 is 0. The van der Waals surface area contributed by atoms with Gasteiger partial charge in [-0.15, -0.1) is 0 Å². The highest BCUT2D eigenvalue weighted by Crippen LogP contribution is 2.30. The van der Waals surface area contributed by atoms with E-state index in [1.165, 1.54) is 0 Å². The Bertz CT molecular complexity index is 1380. The van der Waals surface area contributed by atoms with Crippen LogP contribution in [0.5, 0.6) is 0 Å². The van der Waals surface area contributed by atoms with E-state index in [2.05, 4.69) is 12.2 Å². The van der Waals surface area contributed by atoms with Gasteiger partial charge >= 0.3 is 0 Å². The topological polar surface area (TPSA) is 80.5 Å². The van der Waals surface area contributed by atoms with E-state index in [9.17, 15) is 4.39 Å². The summed E-state index contributed by atoms with van der Waals surface area (Å²) in [4.78, 5) is 16.7. The van der Waals surface area contributed by atoms with E-state index in [0.29, 0.717) is 31.7 Å². The first-order chi connectivity index (χ1) is 17.6. The van der Waals surface area contributed by atoms with Crippen LogP contribution in [0, 0.1) is 0 Å². The minimum absolute atomic E-state index is 0.321. The fourth-order valence-electron chi connectivity index (χ4n) is 5.41. The average molecular weight is 490 g/mol. The molecular weight excluding hydrogens is 457 g/mol. The molecule has 1 saturated heterocycles. The number of halogens is 1. The van der Waals surface area contributed by atoms with E-state index in [4.69, 9.17) is 24.8 Å². The van der Waals surface area contributed by atoms with Crippen LogP contribution < -0.4 is 10.2 Å². The third kappa shape index (κ3) is 4.36. The molecule has 6 rings (SSSR count). The number of anilines is 2. The summed E-state index contributed by atoms with van der Waals surface area (Å²) < 4.78 is 21.4. The summed E-state index contributed by atoms with van der Waals surface area (Å²) in [5.74, 6) is 1.65. The molecule has 2 fully saturated rings. The number of aromatic nitrogens is 5. The monoisotopic (exact) mass is 489 g/mol. The van der Waals surface area contributed by atoms with Crippen molar-refractivity contribution in [3.63, 3.8) is 0 Å². The summed E-state index contributed by atoms with van der Waals surface area (Å²) in [6.45, 7) is 3.12. The van der Waals surface area contributed by atoms with Crippen molar-refractivity contribution in [3.05, 3.63) is 42.1 Å². The average Bonchev–Trinajstić information content (AvgIpc) is 3.54. The Kier molecular flexibility index (Phi) is 6.17. The van der Waals surface area contributed by atoms with Crippen molar-refractivity contribution in [3.8, 4) is 11.4 Å². The molecule has 1 saturated carbocycles. The lowest BCUT2D eigenvalue weighted by molar-refractivity contribution is 0.0681. The van der Waals surface area contributed by atoms with Gasteiger partial charge < -0.3 is 15.0 Å². The first kappa shape index (κ1) is 23.1. The van der Waals surface area contributed by atoms with Gasteiger partial charge in [-0.05, 0) is 50.7 Å². The van der Waals surface area contributed by atoms with Crippen LogP contribution in [0.25, 0.3) is 28.1 Å². The first-order valence-corrected chi connectivity index (χ1v) is 13.0. The minimum atomic E-state index is -0.816. The number of aryl methyl sites for hydroxylation is 1. The van der Waals surface area contributed by atoms with Crippen molar-refractivity contribution in [1.29, 1.82) is 0 Å². The van der Waals surface area contributed by atoms with Gasteiger partial charge in [0, 0.05) is 31.8 Å². The lowest BCUT2D eigenvalue weighted by atomic mass is 9.93. The molecule has 1 aliphatic carbocycles. The molecule has 9 heteroatoms. The molecule has 0 radical (unpaired) electrons. The van der Waals surface area contributed by atoms with E-state index in [1.807, 2.05) is 45.8 Å². The quantitative estimate of drug-likeness (QED) is 0.416. The van der Waals surface area contributed by atoms with E-state index in [1.54, 1.807) is 7.11 Å². The molecule has 3 aromatic heterocycles. The number of methoxy groups -OCH3 is 1. The van der Waals surface area contributed by atoms with Gasteiger partial charge in [0.15, 0.2) is 5.65 Å². The Hall–Kier alpha value is -3.33. The molecule has 1 N–H and O–H groups in total. The zero-order chi connectivity index (χ0) is 24.6. The third-order valence-corrected chi connectivity index (χ3v) is 7.45. The Morgan fingerprint density at radius 3 is 2.50 bits per heavy atom. The number of nitrogens with zero attached hydrogens (tertiary/aromatic N) is 6. The van der Waals surface area contributed by atoms with Gasteiger partial charge in [0.05, 0.1) is 29.4 Å². The maximum absolute atomic E-state index is 14.0. The Labute approximate surface area is 209 Å². The second kappa shape index (κ2) is 9.61. The number of alkyl halides is 1. The molecule has 4 heterocycles. The molecule has 0 spiro atoms. The Morgan fingerprint density at radius 1 is 1.03 bits per heavy atom. The second-order valence-corrected chi connectivity index (χ2v) is 9.85. The molecular formula is C27H32FN7O. The predicted octanol–water partition coefficient (Wildman–Crippen LogP) is 4.82. The molecule has 188 valence electrons. The standard InChI is InChI=1S/C27H32FN7O/c1-3-20-27(31-22-7-5-4-6-21(22)30-20)23-14-25-32-24(34-13-12-17(28)16-34)15-26(35(25)33-23)29-18-8-10-19(36-2)11-9-18/h4-7,14-15,17-19,29H,3,8-13,16H2,1-2H3/t17-,18?,19?/m1/s1. The molecule has 0 amide bonds. The van der Waals surface area contributed by atoms with E-state index < -0.39 is 6.17 Å². The second-order valence-electron chi connectivity index (χ2n) is 9.85. The van der Waals surface area contributed by atoms with Crippen molar-refractivity contribution < 1.29 is 9.13 Å². The molecule has 0 bridgehead atoms. The fourth-order valence-corrected chi connectivity index (χ4v) is 5.41. The largest absolute Gasteiger partial charge is 0.381 e. The molecule has 1 aliphatic heterocycles. The van der Waals surface area contributed by atoms with E-state index in [0.717, 1.165) is 77.5 Å². The summed E-state index contributed by atoms with van der Waals surface area (Å²) in [5.41, 5.74) is 4.87. The molecule has 2 aliphatic rings. The van der Waals surface area contributed by atoms with Crippen LogP contribution in [0.15, 0.2) is 36.4 Å². The first-order valence-electron chi connectivity index (χ1n) is 13.0. The summed E-state index contributed by atoms with van der Waals surface area (Å²) in [7, 11) is 1.79. The molecule has 8 nitrogen and oxygen atoms in total. The smallest absolute Gasteiger partial charge is 0.160 e. The minimum Gasteiger partial charge on any atom is -0.381 e. The maximum atomic E-state index is 14.0. The van der Waals surface area contributed by atoms with Crippen molar-refractivity contribution in [2.75, 3.05) is 30.4 Å². The van der Waals surface area contributed by atoms with Crippen LogP contribution in [0.1, 0.15) is 44.7 Å². The zero-order valence-electron chi connectivity index (χ0n) is 20.8. The number of ether oxygens (including phenoxy) is 1. The Balaban J connectivity index is 1.42. The lowest BCUT2D eigenvalue weighted by Crippen LogP contribution is -2.30. The van der Waals surface area contributed by atoms with Crippen LogP contribution in [-0.4, -0.2) is 63.1 Å². The van der Waals surface area contributed by atoms with Gasteiger partial charge in [-0.1, -0.05) is 19.1 Å². The maximum Gasteiger partial charge on any atom is 0.160 e. The third-order valence-electron chi connectivity index (χ3n) is 7.45. The summed E-state index contributed by atoms with van der Waals surface area (Å²) in [6.07, 6.45) is 4.91. The van der Waals surface area contributed by atoms with Gasteiger partial charge in [-0.3, -0.25) is 0 Å². The highest BCUT2D eigenvalue weighted by Gasteiger charge is 2.26. The number of hydrogen-bond acceptors (Lipinski definition) is 7. The van der Waals surface area contributed by atoms with Crippen LogP contribution in [0.2, 0.25) is 0 Å². The number of nitrogens with one attached hydrogen (secondary N) is 1. The van der Waals surface area contributed by atoms with Crippen LogP contribution in [-0.2, 0) is 11.2 Å². The van der Waals surface area contributed by atoms with Gasteiger partial charge in [0.2, 0.25) is 0 Å². The summed E-state index contributed by atoms with van der Waals surface area (Å²) in [6, 6.07) is 12.2. The highest BCUT2D eigenvalue weighted by atomic mass is 19.1. The van der Waals surface area contributed by atoms with Crippen molar-refractivity contribution in [2.45, 2.75) is 63.8 Å². The number of fused-ring (bicyclic) bond motifs is 2. The number of para-hydroxylation sites is 2.